The number of fused-ring (bicyclic) bond motifs is 1. The van der Waals surface area contributed by atoms with Gasteiger partial charge >= 0.3 is 0 Å². The van der Waals surface area contributed by atoms with Gasteiger partial charge in [-0.05, 0) is 61.7 Å². The topological polar surface area (TPSA) is 83.6 Å². The van der Waals surface area contributed by atoms with Gasteiger partial charge < -0.3 is 0 Å². The molecule has 0 saturated carbocycles. The van der Waals surface area contributed by atoms with Gasteiger partial charge in [-0.3, -0.25) is 4.31 Å². The van der Waals surface area contributed by atoms with Crippen molar-refractivity contribution in [3.05, 3.63) is 89.5 Å². The first kappa shape index (κ1) is 21.5. The van der Waals surface area contributed by atoms with Gasteiger partial charge in [0, 0.05) is 12.6 Å². The monoisotopic (exact) mass is 456 g/mol. The van der Waals surface area contributed by atoms with Gasteiger partial charge in [0.05, 0.1) is 15.5 Å². The minimum atomic E-state index is -3.74. The highest BCUT2D eigenvalue weighted by Crippen LogP contribution is 2.38. The first-order valence-electron chi connectivity index (χ1n) is 9.96. The van der Waals surface area contributed by atoms with Crippen molar-refractivity contribution in [2.75, 3.05) is 4.31 Å². The molecule has 0 saturated heterocycles. The molecule has 3 aromatic carbocycles. The fourth-order valence-electron chi connectivity index (χ4n) is 3.79. The number of rotatable bonds is 6. The fraction of sp³-hybridized carbons (Fsp3) is 0.217. The predicted molar refractivity (Wildman–Crippen MR) is 121 cm³/mol. The van der Waals surface area contributed by atoms with E-state index in [0.29, 0.717) is 17.7 Å². The maximum absolute atomic E-state index is 13.3. The Morgan fingerprint density at radius 2 is 1.55 bits per heavy atom. The van der Waals surface area contributed by atoms with Crippen LogP contribution >= 0.6 is 0 Å². The fourth-order valence-corrected chi connectivity index (χ4v) is 6.55. The Morgan fingerprint density at radius 3 is 2.23 bits per heavy atom. The van der Waals surface area contributed by atoms with Crippen molar-refractivity contribution >= 4 is 25.7 Å². The second-order valence-electron chi connectivity index (χ2n) is 7.77. The second-order valence-corrected chi connectivity index (χ2v) is 11.3. The molecule has 162 valence electrons. The van der Waals surface area contributed by atoms with Crippen molar-refractivity contribution in [2.24, 2.45) is 0 Å². The van der Waals surface area contributed by atoms with E-state index in [9.17, 15) is 16.8 Å². The summed E-state index contributed by atoms with van der Waals surface area (Å²) in [5.74, 6) is 0. The van der Waals surface area contributed by atoms with Crippen LogP contribution in [-0.2, 0) is 33.0 Å². The molecule has 0 fully saturated rings. The molecule has 1 N–H and O–H groups in total. The van der Waals surface area contributed by atoms with E-state index in [1.807, 2.05) is 44.2 Å². The Balaban J connectivity index is 1.62. The highest BCUT2D eigenvalue weighted by Gasteiger charge is 2.36. The molecule has 8 heteroatoms. The summed E-state index contributed by atoms with van der Waals surface area (Å²) >= 11 is 0. The lowest BCUT2D eigenvalue weighted by molar-refractivity contribution is 0.580. The molecular weight excluding hydrogens is 432 g/mol. The normalized spacial score (nSPS) is 16.3. The molecule has 1 aliphatic rings. The lowest BCUT2D eigenvalue weighted by Crippen LogP contribution is -2.35. The number of hydrogen-bond donors (Lipinski definition) is 1. The molecule has 0 radical (unpaired) electrons. The molecule has 0 unspecified atom stereocenters. The zero-order valence-corrected chi connectivity index (χ0v) is 18.9. The van der Waals surface area contributed by atoms with Crippen LogP contribution in [0.3, 0.4) is 0 Å². The number of anilines is 1. The molecule has 0 spiro atoms. The van der Waals surface area contributed by atoms with Crippen LogP contribution in [0.4, 0.5) is 5.69 Å². The van der Waals surface area contributed by atoms with Gasteiger partial charge in [0.15, 0.2) is 0 Å². The van der Waals surface area contributed by atoms with Crippen LogP contribution in [0.2, 0.25) is 0 Å². The van der Waals surface area contributed by atoms with Gasteiger partial charge in [-0.2, -0.15) is 0 Å². The zero-order valence-electron chi connectivity index (χ0n) is 17.3. The van der Waals surface area contributed by atoms with Gasteiger partial charge in [0.25, 0.3) is 10.0 Å². The van der Waals surface area contributed by atoms with E-state index in [4.69, 9.17) is 0 Å². The zero-order chi connectivity index (χ0) is 22.2. The third-order valence-corrected chi connectivity index (χ3v) is 8.74. The van der Waals surface area contributed by atoms with E-state index in [2.05, 4.69) is 4.72 Å². The third kappa shape index (κ3) is 4.23. The average molecular weight is 457 g/mol. The number of hydrogen-bond acceptors (Lipinski definition) is 4. The predicted octanol–water partition coefficient (Wildman–Crippen LogP) is 3.61. The molecule has 0 bridgehead atoms. The number of nitrogens with zero attached hydrogens (tertiary/aromatic N) is 1. The van der Waals surface area contributed by atoms with Crippen LogP contribution in [0.25, 0.3) is 0 Å². The summed E-state index contributed by atoms with van der Waals surface area (Å²) in [6, 6.07) is 20.3. The molecule has 1 atom stereocenters. The lowest BCUT2D eigenvalue weighted by atomic mass is 10.1. The van der Waals surface area contributed by atoms with Crippen molar-refractivity contribution in [1.82, 2.24) is 4.72 Å². The minimum Gasteiger partial charge on any atom is -0.263 e. The molecule has 4 rings (SSSR count). The summed E-state index contributed by atoms with van der Waals surface area (Å²) in [6.07, 6.45) is 0.447. The molecule has 31 heavy (non-hydrogen) atoms. The van der Waals surface area contributed by atoms with E-state index >= 15 is 0 Å². The summed E-state index contributed by atoms with van der Waals surface area (Å²) in [6.45, 7) is 3.91. The van der Waals surface area contributed by atoms with Crippen LogP contribution in [0.1, 0.15) is 23.6 Å². The molecule has 6 nitrogen and oxygen atoms in total. The van der Waals surface area contributed by atoms with Crippen molar-refractivity contribution in [2.45, 2.75) is 42.6 Å². The number of sulfonamides is 2. The van der Waals surface area contributed by atoms with Gasteiger partial charge in [-0.1, -0.05) is 48.0 Å². The van der Waals surface area contributed by atoms with Gasteiger partial charge in [-0.15, -0.1) is 0 Å². The smallest absolute Gasteiger partial charge is 0.263 e. The highest BCUT2D eigenvalue weighted by atomic mass is 32.2. The average Bonchev–Trinajstić information content (AvgIpc) is 3.09. The third-order valence-electron chi connectivity index (χ3n) is 5.40. The van der Waals surface area contributed by atoms with Crippen LogP contribution < -0.4 is 9.03 Å². The Morgan fingerprint density at radius 1 is 0.903 bits per heavy atom. The molecule has 0 aliphatic carbocycles. The highest BCUT2D eigenvalue weighted by molar-refractivity contribution is 7.93. The maximum Gasteiger partial charge on any atom is 0.264 e. The standard InChI is InChI=1S/C23H24N2O4S2/c1-17-8-10-21(11-9-17)31(28,29)25-18(2)14-20-15-22(12-13-23(20)25)30(26,27)24-16-19-6-4-3-5-7-19/h3-13,15,18,24H,14,16H2,1-2H3/t18-/m1/s1. The molecule has 0 amide bonds. The van der Waals surface area contributed by atoms with Gasteiger partial charge in [-0.25, -0.2) is 21.6 Å². The Kier molecular flexibility index (Phi) is 5.63. The molecule has 1 aliphatic heterocycles. The minimum absolute atomic E-state index is 0.129. The van der Waals surface area contributed by atoms with Crippen molar-refractivity contribution in [1.29, 1.82) is 0 Å². The summed E-state index contributed by atoms with van der Waals surface area (Å²) < 4.78 is 56.1. The Bertz CT molecular complexity index is 1300. The van der Waals surface area contributed by atoms with Gasteiger partial charge in [0.2, 0.25) is 10.0 Å². The number of benzene rings is 3. The first-order chi connectivity index (χ1) is 14.7. The lowest BCUT2D eigenvalue weighted by Gasteiger charge is -2.24. The summed E-state index contributed by atoms with van der Waals surface area (Å²) in [5.41, 5.74) is 3.06. The maximum atomic E-state index is 13.3. The molecule has 1 heterocycles. The van der Waals surface area contributed by atoms with Crippen LogP contribution in [-0.4, -0.2) is 22.9 Å². The van der Waals surface area contributed by atoms with Gasteiger partial charge in [0.1, 0.15) is 0 Å². The van der Waals surface area contributed by atoms with Crippen LogP contribution in [0, 0.1) is 6.92 Å². The largest absolute Gasteiger partial charge is 0.264 e. The summed E-state index contributed by atoms with van der Waals surface area (Å²) in [7, 11) is -7.47. The van der Waals surface area contributed by atoms with E-state index in [1.54, 1.807) is 36.4 Å². The van der Waals surface area contributed by atoms with Crippen molar-refractivity contribution < 1.29 is 16.8 Å². The van der Waals surface area contributed by atoms with Crippen molar-refractivity contribution in [3.8, 4) is 0 Å². The van der Waals surface area contributed by atoms with Crippen LogP contribution in [0.15, 0.2) is 82.6 Å². The van der Waals surface area contributed by atoms with E-state index in [-0.39, 0.29) is 22.4 Å². The van der Waals surface area contributed by atoms with Crippen LogP contribution in [0.5, 0.6) is 0 Å². The molecule has 3 aromatic rings. The second kappa shape index (κ2) is 8.11. The summed E-state index contributed by atoms with van der Waals surface area (Å²) in [5, 5.41) is 0. The Hall–Kier alpha value is -2.68. The number of nitrogens with one attached hydrogen (secondary N) is 1. The molecule has 0 aromatic heterocycles. The SMILES string of the molecule is Cc1ccc(S(=O)(=O)N2c3ccc(S(=O)(=O)NCc4ccccc4)cc3C[C@H]2C)cc1. The Labute approximate surface area is 183 Å². The van der Waals surface area contributed by atoms with E-state index < -0.39 is 20.0 Å². The van der Waals surface area contributed by atoms with E-state index in [1.165, 1.54) is 10.4 Å². The van der Waals surface area contributed by atoms with E-state index in [0.717, 1.165) is 11.1 Å². The first-order valence-corrected chi connectivity index (χ1v) is 12.9. The summed E-state index contributed by atoms with van der Waals surface area (Å²) in [4.78, 5) is 0.350. The van der Waals surface area contributed by atoms with Crippen molar-refractivity contribution in [3.63, 3.8) is 0 Å². The number of aryl methyl sites for hydroxylation is 1. The quantitative estimate of drug-likeness (QED) is 0.614. The molecular formula is C23H24N2O4S2.